The van der Waals surface area contributed by atoms with Gasteiger partial charge in [-0.2, -0.15) is 0 Å². The molecule has 0 saturated carbocycles. The van der Waals surface area contributed by atoms with E-state index in [1.54, 1.807) is 11.3 Å². The van der Waals surface area contributed by atoms with Gasteiger partial charge < -0.3 is 4.74 Å². The van der Waals surface area contributed by atoms with Crippen molar-refractivity contribution in [3.8, 4) is 0 Å². The van der Waals surface area contributed by atoms with E-state index in [-0.39, 0.29) is 0 Å². The highest BCUT2D eigenvalue weighted by atomic mass is 32.1. The maximum absolute atomic E-state index is 5.19. The van der Waals surface area contributed by atoms with Crippen LogP contribution in [-0.2, 0) is 4.74 Å². The molecule has 2 heterocycles. The van der Waals surface area contributed by atoms with E-state index in [1.165, 1.54) is 5.57 Å². The maximum Gasteiger partial charge on any atom is 0.121 e. The summed E-state index contributed by atoms with van der Waals surface area (Å²) in [4.78, 5) is 4.36. The van der Waals surface area contributed by atoms with Crippen molar-refractivity contribution in [1.29, 1.82) is 0 Å². The van der Waals surface area contributed by atoms with Crippen molar-refractivity contribution in [2.75, 3.05) is 13.2 Å². The van der Waals surface area contributed by atoms with Crippen LogP contribution in [0.15, 0.2) is 11.5 Å². The van der Waals surface area contributed by atoms with Crippen molar-refractivity contribution in [1.82, 2.24) is 4.98 Å². The molecule has 0 unspecified atom stereocenters. The van der Waals surface area contributed by atoms with Gasteiger partial charge in [-0.15, -0.1) is 11.3 Å². The predicted molar refractivity (Wildman–Crippen MR) is 45.6 cm³/mol. The van der Waals surface area contributed by atoms with Crippen molar-refractivity contribution < 1.29 is 4.74 Å². The average molecular weight is 167 g/mol. The van der Waals surface area contributed by atoms with E-state index in [9.17, 15) is 0 Å². The quantitative estimate of drug-likeness (QED) is 0.637. The van der Waals surface area contributed by atoms with E-state index >= 15 is 0 Å². The lowest BCUT2D eigenvalue weighted by Gasteiger charge is -1.92. The van der Waals surface area contributed by atoms with Gasteiger partial charge in [-0.25, -0.2) is 4.98 Å². The Morgan fingerprint density at radius 2 is 2.55 bits per heavy atom. The highest BCUT2D eigenvalue weighted by Gasteiger charge is 2.09. The normalized spacial score (nSPS) is 17.0. The van der Waals surface area contributed by atoms with E-state index in [4.69, 9.17) is 4.74 Å². The maximum atomic E-state index is 5.19. The molecule has 0 aliphatic carbocycles. The minimum absolute atomic E-state index is 0.729. The molecule has 0 saturated heterocycles. The van der Waals surface area contributed by atoms with E-state index in [1.807, 2.05) is 6.92 Å². The summed E-state index contributed by atoms with van der Waals surface area (Å²) in [6.45, 7) is 3.48. The van der Waals surface area contributed by atoms with Crippen molar-refractivity contribution >= 4 is 16.9 Å². The predicted octanol–water partition coefficient (Wildman–Crippen LogP) is 1.87. The fourth-order valence-electron chi connectivity index (χ4n) is 1.04. The van der Waals surface area contributed by atoms with Gasteiger partial charge in [0, 0.05) is 16.6 Å². The zero-order chi connectivity index (χ0) is 7.68. The Morgan fingerprint density at radius 3 is 3.09 bits per heavy atom. The molecule has 1 aromatic heterocycles. The van der Waals surface area contributed by atoms with Gasteiger partial charge in [-0.05, 0) is 6.92 Å². The van der Waals surface area contributed by atoms with Gasteiger partial charge in [0.2, 0.25) is 0 Å². The van der Waals surface area contributed by atoms with Crippen LogP contribution in [0.2, 0.25) is 0 Å². The Hall–Kier alpha value is -0.670. The van der Waals surface area contributed by atoms with Gasteiger partial charge in [-0.1, -0.05) is 6.08 Å². The second kappa shape index (κ2) is 2.75. The summed E-state index contributed by atoms with van der Waals surface area (Å²) >= 11 is 1.69. The van der Waals surface area contributed by atoms with E-state index in [0.29, 0.717) is 0 Å². The minimum atomic E-state index is 0.729. The van der Waals surface area contributed by atoms with Crippen LogP contribution in [0.5, 0.6) is 0 Å². The van der Waals surface area contributed by atoms with Crippen LogP contribution in [0.25, 0.3) is 5.57 Å². The average Bonchev–Trinajstić information content (AvgIpc) is 2.55. The summed E-state index contributed by atoms with van der Waals surface area (Å²) < 4.78 is 5.19. The summed E-state index contributed by atoms with van der Waals surface area (Å²) in [5, 5.41) is 3.18. The molecular formula is C8H9NOS. The lowest BCUT2D eigenvalue weighted by molar-refractivity contribution is 0.216. The first-order chi connectivity index (χ1) is 5.36. The monoisotopic (exact) mass is 167 g/mol. The Kier molecular flexibility index (Phi) is 1.75. The number of thiazole rings is 1. The number of aromatic nitrogens is 1. The third-order valence-corrected chi connectivity index (χ3v) is 2.63. The van der Waals surface area contributed by atoms with Crippen LogP contribution in [0.1, 0.15) is 10.7 Å². The molecule has 0 amide bonds. The first kappa shape index (κ1) is 7.00. The third kappa shape index (κ3) is 1.34. The fourth-order valence-corrected chi connectivity index (χ4v) is 1.86. The van der Waals surface area contributed by atoms with E-state index < -0.39 is 0 Å². The second-order valence-corrected chi connectivity index (χ2v) is 3.40. The number of ether oxygens (including phenoxy) is 1. The van der Waals surface area contributed by atoms with E-state index in [0.717, 1.165) is 23.9 Å². The molecule has 0 aromatic carbocycles. The summed E-state index contributed by atoms with van der Waals surface area (Å²) in [7, 11) is 0. The molecule has 1 aliphatic heterocycles. The van der Waals surface area contributed by atoms with Gasteiger partial charge in [-0.3, -0.25) is 0 Å². The standard InChI is InChI=1S/C8H9NOS/c1-6-5-11-8(9-6)7-2-3-10-4-7/h2,5H,3-4H2,1H3. The molecule has 0 fully saturated rings. The molecule has 1 aliphatic rings. The Bertz CT molecular complexity index is 290. The summed E-state index contributed by atoms with van der Waals surface area (Å²) in [6.07, 6.45) is 2.10. The molecule has 0 spiro atoms. The zero-order valence-electron chi connectivity index (χ0n) is 6.33. The van der Waals surface area contributed by atoms with Crippen LogP contribution in [0.4, 0.5) is 0 Å². The lowest BCUT2D eigenvalue weighted by Crippen LogP contribution is -1.86. The molecule has 0 bridgehead atoms. The SMILES string of the molecule is Cc1csc(C2=CCOC2)n1. The van der Waals surface area contributed by atoms with Gasteiger partial charge in [0.25, 0.3) is 0 Å². The molecule has 11 heavy (non-hydrogen) atoms. The van der Waals surface area contributed by atoms with Crippen molar-refractivity contribution in [2.45, 2.75) is 6.92 Å². The number of hydrogen-bond acceptors (Lipinski definition) is 3. The molecule has 3 heteroatoms. The van der Waals surface area contributed by atoms with Gasteiger partial charge >= 0.3 is 0 Å². The Morgan fingerprint density at radius 1 is 1.64 bits per heavy atom. The second-order valence-electron chi connectivity index (χ2n) is 2.54. The molecule has 1 aromatic rings. The smallest absolute Gasteiger partial charge is 0.121 e. The first-order valence-electron chi connectivity index (χ1n) is 3.55. The molecule has 2 nitrogen and oxygen atoms in total. The zero-order valence-corrected chi connectivity index (χ0v) is 7.15. The molecule has 2 rings (SSSR count). The number of rotatable bonds is 1. The van der Waals surface area contributed by atoms with Crippen LogP contribution >= 0.6 is 11.3 Å². The lowest BCUT2D eigenvalue weighted by atomic mass is 10.3. The largest absolute Gasteiger partial charge is 0.373 e. The van der Waals surface area contributed by atoms with Gasteiger partial charge in [0.15, 0.2) is 0 Å². The number of nitrogens with zero attached hydrogens (tertiary/aromatic N) is 1. The summed E-state index contributed by atoms with van der Waals surface area (Å²) in [6, 6.07) is 0. The first-order valence-corrected chi connectivity index (χ1v) is 4.43. The fraction of sp³-hybridized carbons (Fsp3) is 0.375. The summed E-state index contributed by atoms with van der Waals surface area (Å²) in [5.41, 5.74) is 2.33. The van der Waals surface area contributed by atoms with Crippen molar-refractivity contribution in [2.24, 2.45) is 0 Å². The van der Waals surface area contributed by atoms with E-state index in [2.05, 4.69) is 16.4 Å². The molecule has 0 radical (unpaired) electrons. The number of hydrogen-bond donors (Lipinski definition) is 0. The Balaban J connectivity index is 2.28. The van der Waals surface area contributed by atoms with Crippen molar-refractivity contribution in [3.63, 3.8) is 0 Å². The molecule has 0 atom stereocenters. The number of aryl methyl sites for hydroxylation is 1. The summed E-state index contributed by atoms with van der Waals surface area (Å²) in [5.74, 6) is 0. The molecule has 58 valence electrons. The minimum Gasteiger partial charge on any atom is -0.373 e. The van der Waals surface area contributed by atoms with Crippen LogP contribution in [0, 0.1) is 6.92 Å². The Labute approximate surface area is 69.5 Å². The van der Waals surface area contributed by atoms with Gasteiger partial charge in [0.05, 0.1) is 13.2 Å². The molecule has 0 N–H and O–H groups in total. The molecular weight excluding hydrogens is 158 g/mol. The van der Waals surface area contributed by atoms with Gasteiger partial charge in [0.1, 0.15) is 5.01 Å². The van der Waals surface area contributed by atoms with Crippen molar-refractivity contribution in [3.05, 3.63) is 22.2 Å². The highest BCUT2D eigenvalue weighted by molar-refractivity contribution is 7.10. The van der Waals surface area contributed by atoms with Crippen LogP contribution in [-0.4, -0.2) is 18.2 Å². The third-order valence-electron chi connectivity index (χ3n) is 1.60. The van der Waals surface area contributed by atoms with Crippen LogP contribution in [0.3, 0.4) is 0 Å². The highest BCUT2D eigenvalue weighted by Crippen LogP contribution is 2.21. The van der Waals surface area contributed by atoms with Crippen LogP contribution < -0.4 is 0 Å². The topological polar surface area (TPSA) is 22.1 Å².